The number of aromatic hydroxyl groups is 1. The van der Waals surface area contributed by atoms with Crippen molar-refractivity contribution in [2.75, 3.05) is 6.54 Å². The maximum absolute atomic E-state index is 9.26. The molecule has 1 aromatic carbocycles. The van der Waals surface area contributed by atoms with Crippen LogP contribution in [0, 0.1) is 6.08 Å². The maximum atomic E-state index is 9.26. The van der Waals surface area contributed by atoms with Crippen LogP contribution in [0.5, 0.6) is 5.75 Å². The van der Waals surface area contributed by atoms with Crippen LogP contribution in [0.25, 0.3) is 5.70 Å². The third-order valence-electron chi connectivity index (χ3n) is 2.57. The fourth-order valence-electron chi connectivity index (χ4n) is 1.75. The molecule has 1 N–H and O–H groups in total. The van der Waals surface area contributed by atoms with E-state index in [1.807, 2.05) is 24.3 Å². The van der Waals surface area contributed by atoms with Crippen LogP contribution in [0.4, 0.5) is 0 Å². The SMILES string of the molecule is C=C1C=C[C-]=C(c2ccc(O)cc2)N1CC.[Y]. The third kappa shape index (κ3) is 3.08. The van der Waals surface area contributed by atoms with Gasteiger partial charge in [-0.1, -0.05) is 17.8 Å². The van der Waals surface area contributed by atoms with Crippen molar-refractivity contribution in [3.05, 3.63) is 60.3 Å². The van der Waals surface area contributed by atoms with E-state index in [1.54, 1.807) is 12.1 Å². The summed E-state index contributed by atoms with van der Waals surface area (Å²) >= 11 is 0. The average molecular weight is 301 g/mol. The Morgan fingerprint density at radius 3 is 2.53 bits per heavy atom. The maximum Gasteiger partial charge on any atom is 0.113 e. The van der Waals surface area contributed by atoms with Crippen LogP contribution >= 0.6 is 0 Å². The average Bonchev–Trinajstić information content (AvgIpc) is 2.30. The zero-order chi connectivity index (χ0) is 11.5. The van der Waals surface area contributed by atoms with E-state index in [4.69, 9.17) is 0 Å². The molecule has 1 aromatic rings. The molecule has 3 heteroatoms. The Balaban J connectivity index is 0.00000144. The van der Waals surface area contributed by atoms with Crippen molar-refractivity contribution in [2.24, 2.45) is 0 Å². The van der Waals surface area contributed by atoms with Crippen LogP contribution in [-0.4, -0.2) is 16.6 Å². The summed E-state index contributed by atoms with van der Waals surface area (Å²) in [5.41, 5.74) is 2.99. The number of hydrogen-bond donors (Lipinski definition) is 1. The van der Waals surface area contributed by atoms with Gasteiger partial charge in [0.2, 0.25) is 0 Å². The molecule has 1 radical (unpaired) electrons. The summed E-state index contributed by atoms with van der Waals surface area (Å²) in [5, 5.41) is 9.26. The van der Waals surface area contributed by atoms with E-state index in [0.717, 1.165) is 23.5 Å². The van der Waals surface area contributed by atoms with Gasteiger partial charge in [0.1, 0.15) is 5.75 Å². The molecule has 2 rings (SSSR count). The number of hydrogen-bond acceptors (Lipinski definition) is 2. The smallest absolute Gasteiger partial charge is 0.113 e. The first-order valence-corrected chi connectivity index (χ1v) is 5.28. The van der Waals surface area contributed by atoms with E-state index in [2.05, 4.69) is 24.5 Å². The normalized spacial score (nSPS) is 14.3. The summed E-state index contributed by atoms with van der Waals surface area (Å²) in [4.78, 5) is 2.09. The fourth-order valence-corrected chi connectivity index (χ4v) is 1.75. The molecule has 2 nitrogen and oxygen atoms in total. The number of allylic oxidation sites excluding steroid dienone is 3. The summed E-state index contributed by atoms with van der Waals surface area (Å²) in [7, 11) is 0. The van der Waals surface area contributed by atoms with Gasteiger partial charge in [0.25, 0.3) is 0 Å². The summed E-state index contributed by atoms with van der Waals surface area (Å²) in [6.45, 7) is 6.92. The number of rotatable bonds is 2. The second-order valence-corrected chi connectivity index (χ2v) is 3.61. The quantitative estimate of drug-likeness (QED) is 0.849. The van der Waals surface area contributed by atoms with E-state index in [0.29, 0.717) is 0 Å². The predicted molar refractivity (Wildman–Crippen MR) is 65.4 cm³/mol. The molecule has 0 aliphatic carbocycles. The first-order valence-electron chi connectivity index (χ1n) is 5.28. The molecular weight excluding hydrogens is 287 g/mol. The molecule has 0 bridgehead atoms. The minimum atomic E-state index is 0. The Morgan fingerprint density at radius 1 is 1.29 bits per heavy atom. The van der Waals surface area contributed by atoms with Crippen molar-refractivity contribution in [1.29, 1.82) is 0 Å². The Morgan fingerprint density at radius 2 is 1.94 bits per heavy atom. The van der Waals surface area contributed by atoms with Gasteiger partial charge in [-0.15, -0.1) is 18.2 Å². The molecule has 0 aromatic heterocycles. The summed E-state index contributed by atoms with van der Waals surface area (Å²) < 4.78 is 0. The van der Waals surface area contributed by atoms with E-state index in [-0.39, 0.29) is 38.5 Å². The molecule has 0 amide bonds. The monoisotopic (exact) mass is 301 g/mol. The zero-order valence-electron chi connectivity index (χ0n) is 9.85. The number of nitrogens with zero attached hydrogens (tertiary/aromatic N) is 1. The van der Waals surface area contributed by atoms with Crippen LogP contribution in [0.1, 0.15) is 12.5 Å². The molecule has 1 heterocycles. The van der Waals surface area contributed by atoms with Crippen molar-refractivity contribution >= 4 is 5.70 Å². The van der Waals surface area contributed by atoms with E-state index < -0.39 is 0 Å². The van der Waals surface area contributed by atoms with Crippen molar-refractivity contribution < 1.29 is 37.8 Å². The molecule has 1 aliphatic heterocycles. The van der Waals surface area contributed by atoms with Crippen molar-refractivity contribution in [1.82, 2.24) is 4.90 Å². The fraction of sp³-hybridized carbons (Fsp3) is 0.143. The zero-order valence-corrected chi connectivity index (χ0v) is 12.7. The molecule has 0 unspecified atom stereocenters. The largest absolute Gasteiger partial charge is 0.508 e. The van der Waals surface area contributed by atoms with Gasteiger partial charge in [-0.2, -0.15) is 12.2 Å². The molecule has 85 valence electrons. The van der Waals surface area contributed by atoms with Gasteiger partial charge in [-0.3, -0.25) is 0 Å². The molecule has 0 atom stereocenters. The number of phenolic OH excluding ortho intramolecular Hbond substituents is 1. The Labute approximate surface area is 127 Å². The predicted octanol–water partition coefficient (Wildman–Crippen LogP) is 2.94. The van der Waals surface area contributed by atoms with E-state index >= 15 is 0 Å². The summed E-state index contributed by atoms with van der Waals surface area (Å²) in [5.74, 6) is 0.276. The van der Waals surface area contributed by atoms with Crippen LogP contribution in [0.2, 0.25) is 0 Å². The molecule has 0 saturated heterocycles. The van der Waals surface area contributed by atoms with Gasteiger partial charge in [-0.25, -0.2) is 0 Å². The Hall–Kier alpha value is -0.856. The molecule has 1 aliphatic rings. The van der Waals surface area contributed by atoms with Gasteiger partial charge < -0.3 is 10.0 Å². The minimum Gasteiger partial charge on any atom is -0.508 e. The standard InChI is InChI=1S/C14H14NO.Y/c1-3-15-11(2)5-4-6-14(15)12-7-9-13(16)10-8-12;/h4-5,7-10,16H,2-3H2,1H3;/q-1;. The molecular formula is C14H14NOY-. The van der Waals surface area contributed by atoms with Crippen molar-refractivity contribution in [3.8, 4) is 5.75 Å². The second-order valence-electron chi connectivity index (χ2n) is 3.61. The van der Waals surface area contributed by atoms with Crippen LogP contribution in [-0.2, 0) is 32.7 Å². The van der Waals surface area contributed by atoms with Crippen molar-refractivity contribution in [2.45, 2.75) is 6.92 Å². The number of likely N-dealkylation sites (N-methyl/N-ethyl adjacent to an activating group) is 1. The van der Waals surface area contributed by atoms with Gasteiger partial charge >= 0.3 is 0 Å². The van der Waals surface area contributed by atoms with Crippen LogP contribution in [0.3, 0.4) is 0 Å². The van der Waals surface area contributed by atoms with Crippen LogP contribution in [0.15, 0.2) is 48.7 Å². The summed E-state index contributed by atoms with van der Waals surface area (Å²) in [6, 6.07) is 7.12. The number of benzene rings is 1. The van der Waals surface area contributed by atoms with E-state index in [1.165, 1.54) is 0 Å². The molecule has 0 saturated carbocycles. The van der Waals surface area contributed by atoms with Crippen LogP contribution < -0.4 is 0 Å². The van der Waals surface area contributed by atoms with Crippen molar-refractivity contribution in [3.63, 3.8) is 0 Å². The molecule has 0 spiro atoms. The number of phenols is 1. The Bertz CT molecular complexity index is 460. The molecule has 0 fully saturated rings. The third-order valence-corrected chi connectivity index (χ3v) is 2.57. The topological polar surface area (TPSA) is 23.5 Å². The second kappa shape index (κ2) is 6.18. The van der Waals surface area contributed by atoms with Gasteiger partial charge in [0.05, 0.1) is 0 Å². The Kier molecular flexibility index (Phi) is 5.16. The van der Waals surface area contributed by atoms with Gasteiger partial charge in [-0.05, 0) is 24.8 Å². The van der Waals surface area contributed by atoms with Gasteiger partial charge in [0, 0.05) is 39.3 Å². The minimum absolute atomic E-state index is 0. The van der Waals surface area contributed by atoms with Gasteiger partial charge in [0.15, 0.2) is 0 Å². The van der Waals surface area contributed by atoms with E-state index in [9.17, 15) is 5.11 Å². The first kappa shape index (κ1) is 14.2. The summed E-state index contributed by atoms with van der Waals surface area (Å²) in [6.07, 6.45) is 7.02. The first-order chi connectivity index (χ1) is 7.72. The molecule has 17 heavy (non-hydrogen) atoms.